The molecule has 0 spiro atoms. The van der Waals surface area contributed by atoms with Gasteiger partial charge in [0.1, 0.15) is 5.75 Å². The van der Waals surface area contributed by atoms with Crippen molar-refractivity contribution >= 4 is 5.69 Å². The lowest BCUT2D eigenvalue weighted by Gasteiger charge is -2.20. The SMILES string of the molecule is CCCOc1ccccc1NC(C)C(C)C. The van der Waals surface area contributed by atoms with E-state index in [2.05, 4.69) is 39.1 Å². The largest absolute Gasteiger partial charge is 0.491 e. The van der Waals surface area contributed by atoms with Gasteiger partial charge in [0.05, 0.1) is 12.3 Å². The molecule has 1 rings (SSSR count). The van der Waals surface area contributed by atoms with Crippen LogP contribution in [0.15, 0.2) is 24.3 Å². The van der Waals surface area contributed by atoms with E-state index in [0.717, 1.165) is 24.5 Å². The van der Waals surface area contributed by atoms with Crippen LogP contribution in [0.4, 0.5) is 5.69 Å². The molecule has 1 N–H and O–H groups in total. The quantitative estimate of drug-likeness (QED) is 0.785. The molecular formula is C14H23NO. The minimum absolute atomic E-state index is 0.450. The third-order valence-corrected chi connectivity index (χ3v) is 2.73. The van der Waals surface area contributed by atoms with Crippen molar-refractivity contribution in [3.63, 3.8) is 0 Å². The van der Waals surface area contributed by atoms with Crippen LogP contribution in [0.2, 0.25) is 0 Å². The van der Waals surface area contributed by atoms with Crippen molar-refractivity contribution in [1.82, 2.24) is 0 Å². The van der Waals surface area contributed by atoms with Gasteiger partial charge in [-0.25, -0.2) is 0 Å². The molecule has 1 unspecified atom stereocenters. The fraction of sp³-hybridized carbons (Fsp3) is 0.571. The summed E-state index contributed by atoms with van der Waals surface area (Å²) in [7, 11) is 0. The van der Waals surface area contributed by atoms with Crippen molar-refractivity contribution in [1.29, 1.82) is 0 Å². The van der Waals surface area contributed by atoms with Gasteiger partial charge in [0.2, 0.25) is 0 Å². The van der Waals surface area contributed by atoms with Crippen LogP contribution >= 0.6 is 0 Å². The van der Waals surface area contributed by atoms with E-state index in [4.69, 9.17) is 4.74 Å². The molecule has 1 aromatic rings. The molecule has 0 aliphatic rings. The first-order valence-corrected chi connectivity index (χ1v) is 6.13. The predicted octanol–water partition coefficient (Wildman–Crippen LogP) is 3.93. The van der Waals surface area contributed by atoms with Gasteiger partial charge in [0, 0.05) is 6.04 Å². The number of ether oxygens (including phenoxy) is 1. The topological polar surface area (TPSA) is 21.3 Å². The van der Waals surface area contributed by atoms with E-state index < -0.39 is 0 Å². The van der Waals surface area contributed by atoms with Crippen molar-refractivity contribution in [2.45, 2.75) is 40.2 Å². The Morgan fingerprint density at radius 1 is 1.19 bits per heavy atom. The van der Waals surface area contributed by atoms with Crippen LogP contribution in [0.25, 0.3) is 0 Å². The first-order valence-electron chi connectivity index (χ1n) is 6.13. The Morgan fingerprint density at radius 2 is 1.88 bits per heavy atom. The van der Waals surface area contributed by atoms with Crippen LogP contribution in [0.3, 0.4) is 0 Å². The van der Waals surface area contributed by atoms with Crippen LogP contribution in [0.1, 0.15) is 34.1 Å². The van der Waals surface area contributed by atoms with Crippen molar-refractivity contribution in [3.8, 4) is 5.75 Å². The zero-order valence-corrected chi connectivity index (χ0v) is 10.8. The van der Waals surface area contributed by atoms with Gasteiger partial charge >= 0.3 is 0 Å². The molecule has 0 radical (unpaired) electrons. The van der Waals surface area contributed by atoms with Crippen molar-refractivity contribution in [3.05, 3.63) is 24.3 Å². The molecule has 0 fully saturated rings. The fourth-order valence-corrected chi connectivity index (χ4v) is 1.34. The summed E-state index contributed by atoms with van der Waals surface area (Å²) in [6.45, 7) is 9.52. The molecule has 2 heteroatoms. The van der Waals surface area contributed by atoms with Gasteiger partial charge in [-0.3, -0.25) is 0 Å². The van der Waals surface area contributed by atoms with Gasteiger partial charge in [-0.05, 0) is 31.4 Å². The zero-order chi connectivity index (χ0) is 12.0. The highest BCUT2D eigenvalue weighted by Gasteiger charge is 2.09. The standard InChI is InChI=1S/C14H23NO/c1-5-10-16-14-9-7-6-8-13(14)15-12(4)11(2)3/h6-9,11-12,15H,5,10H2,1-4H3. The van der Waals surface area contributed by atoms with E-state index in [1.165, 1.54) is 0 Å². The van der Waals surface area contributed by atoms with E-state index in [0.29, 0.717) is 12.0 Å². The van der Waals surface area contributed by atoms with Gasteiger partial charge in [-0.15, -0.1) is 0 Å². The molecule has 0 aliphatic carbocycles. The molecule has 1 aromatic carbocycles. The molecular weight excluding hydrogens is 198 g/mol. The van der Waals surface area contributed by atoms with Crippen molar-refractivity contribution < 1.29 is 4.74 Å². The summed E-state index contributed by atoms with van der Waals surface area (Å²) in [4.78, 5) is 0. The fourth-order valence-electron chi connectivity index (χ4n) is 1.34. The number of para-hydroxylation sites is 2. The van der Waals surface area contributed by atoms with Crippen LogP contribution in [0, 0.1) is 5.92 Å². The Kier molecular flexibility index (Phi) is 5.17. The minimum Gasteiger partial charge on any atom is -0.491 e. The predicted molar refractivity (Wildman–Crippen MR) is 70.2 cm³/mol. The van der Waals surface area contributed by atoms with E-state index in [9.17, 15) is 0 Å². The van der Waals surface area contributed by atoms with E-state index in [1.807, 2.05) is 18.2 Å². The smallest absolute Gasteiger partial charge is 0.142 e. The maximum atomic E-state index is 5.70. The van der Waals surface area contributed by atoms with Gasteiger partial charge in [-0.2, -0.15) is 0 Å². The first-order chi connectivity index (χ1) is 7.65. The minimum atomic E-state index is 0.450. The number of nitrogens with one attached hydrogen (secondary N) is 1. The molecule has 2 nitrogen and oxygen atoms in total. The Bertz CT molecular complexity index is 309. The van der Waals surface area contributed by atoms with Crippen LogP contribution in [0.5, 0.6) is 5.75 Å². The molecule has 16 heavy (non-hydrogen) atoms. The van der Waals surface area contributed by atoms with E-state index >= 15 is 0 Å². The molecule has 0 aliphatic heterocycles. The average molecular weight is 221 g/mol. The van der Waals surface area contributed by atoms with Crippen LogP contribution in [-0.4, -0.2) is 12.6 Å². The van der Waals surface area contributed by atoms with Crippen LogP contribution in [-0.2, 0) is 0 Å². The monoisotopic (exact) mass is 221 g/mol. The third kappa shape index (κ3) is 3.76. The normalized spacial score (nSPS) is 12.6. The van der Waals surface area contributed by atoms with Crippen molar-refractivity contribution in [2.75, 3.05) is 11.9 Å². The molecule has 0 bridgehead atoms. The summed E-state index contributed by atoms with van der Waals surface area (Å²) in [6.07, 6.45) is 1.04. The summed E-state index contributed by atoms with van der Waals surface area (Å²) in [6, 6.07) is 8.59. The van der Waals surface area contributed by atoms with Gasteiger partial charge in [0.25, 0.3) is 0 Å². The maximum absolute atomic E-state index is 5.70. The average Bonchev–Trinajstić information content (AvgIpc) is 2.27. The number of hydrogen-bond donors (Lipinski definition) is 1. The number of rotatable bonds is 6. The summed E-state index contributed by atoms with van der Waals surface area (Å²) < 4.78 is 5.70. The lowest BCUT2D eigenvalue weighted by Crippen LogP contribution is -2.21. The molecule has 0 aromatic heterocycles. The lowest BCUT2D eigenvalue weighted by molar-refractivity contribution is 0.318. The Morgan fingerprint density at radius 3 is 2.50 bits per heavy atom. The zero-order valence-electron chi connectivity index (χ0n) is 10.8. The highest BCUT2D eigenvalue weighted by molar-refractivity contribution is 5.56. The highest BCUT2D eigenvalue weighted by Crippen LogP contribution is 2.25. The lowest BCUT2D eigenvalue weighted by atomic mass is 10.1. The Labute approximate surface area is 99.0 Å². The molecule has 0 saturated heterocycles. The third-order valence-electron chi connectivity index (χ3n) is 2.73. The molecule has 0 amide bonds. The van der Waals surface area contributed by atoms with E-state index in [1.54, 1.807) is 0 Å². The second-order valence-corrected chi connectivity index (χ2v) is 4.52. The molecule has 0 heterocycles. The number of benzene rings is 1. The Hall–Kier alpha value is -1.18. The van der Waals surface area contributed by atoms with Crippen LogP contribution < -0.4 is 10.1 Å². The first kappa shape index (κ1) is 12.9. The summed E-state index contributed by atoms with van der Waals surface area (Å²) >= 11 is 0. The summed E-state index contributed by atoms with van der Waals surface area (Å²) in [5.41, 5.74) is 1.09. The Balaban J connectivity index is 2.70. The second kappa shape index (κ2) is 6.41. The molecule has 90 valence electrons. The molecule has 0 saturated carbocycles. The van der Waals surface area contributed by atoms with Gasteiger partial charge < -0.3 is 10.1 Å². The second-order valence-electron chi connectivity index (χ2n) is 4.52. The van der Waals surface area contributed by atoms with Gasteiger partial charge in [0.15, 0.2) is 0 Å². The summed E-state index contributed by atoms with van der Waals surface area (Å²) in [5, 5.41) is 3.49. The maximum Gasteiger partial charge on any atom is 0.142 e. The number of hydrogen-bond acceptors (Lipinski definition) is 2. The number of anilines is 1. The highest BCUT2D eigenvalue weighted by atomic mass is 16.5. The van der Waals surface area contributed by atoms with Gasteiger partial charge in [-0.1, -0.05) is 32.9 Å². The summed E-state index contributed by atoms with van der Waals surface area (Å²) in [5.74, 6) is 1.57. The molecule has 1 atom stereocenters. The van der Waals surface area contributed by atoms with E-state index in [-0.39, 0.29) is 0 Å². The van der Waals surface area contributed by atoms with Crippen molar-refractivity contribution in [2.24, 2.45) is 5.92 Å².